The van der Waals surface area contributed by atoms with Crippen LogP contribution in [-0.2, 0) is 13.0 Å². The second-order valence-corrected chi connectivity index (χ2v) is 5.89. The number of carbonyl (C=O) groups excluding carboxylic acids is 2. The molecule has 6 nitrogen and oxygen atoms in total. The molecule has 1 aromatic heterocycles. The predicted octanol–water partition coefficient (Wildman–Crippen LogP) is 2.67. The molecule has 8 heteroatoms. The number of anilines is 1. The number of nitrogens with zero attached hydrogens (tertiary/aromatic N) is 2. The van der Waals surface area contributed by atoms with Gasteiger partial charge in [-0.2, -0.15) is 0 Å². The van der Waals surface area contributed by atoms with Gasteiger partial charge in [-0.1, -0.05) is 12.1 Å². The minimum absolute atomic E-state index is 0.0360. The molecule has 1 aliphatic heterocycles. The van der Waals surface area contributed by atoms with Gasteiger partial charge in [0, 0.05) is 13.1 Å². The maximum atomic E-state index is 13.8. The van der Waals surface area contributed by atoms with Crippen molar-refractivity contribution in [2.45, 2.75) is 25.8 Å². The van der Waals surface area contributed by atoms with Gasteiger partial charge in [0.1, 0.15) is 23.0 Å². The molecule has 2 aromatic rings. The van der Waals surface area contributed by atoms with Crippen molar-refractivity contribution < 1.29 is 18.4 Å². The summed E-state index contributed by atoms with van der Waals surface area (Å²) in [5.74, 6) is -2.97. The Hall–Kier alpha value is -3.03. The van der Waals surface area contributed by atoms with Crippen LogP contribution in [0.1, 0.15) is 39.6 Å². The second kappa shape index (κ2) is 7.47. The topological polar surface area (TPSA) is 76.0 Å². The molecule has 0 radical (unpaired) electrons. The fourth-order valence-electron chi connectivity index (χ4n) is 2.93. The fourth-order valence-corrected chi connectivity index (χ4v) is 2.93. The number of carbonyl (C=O) groups is 2. The van der Waals surface area contributed by atoms with Gasteiger partial charge in [0.2, 0.25) is 0 Å². The van der Waals surface area contributed by atoms with Crippen LogP contribution < -0.4 is 10.6 Å². The summed E-state index contributed by atoms with van der Waals surface area (Å²) in [4.78, 5) is 29.0. The standard InChI is InChI=1S/C18H18F2N4O2/c1-2-9-21-17(25)15-13-8-3-4-10-24(13)16(22-15)18(26)23-14-11(19)6-5-7-12(14)20/h2,5-7H,1,3-4,8-10H2,(H,21,25)(H,23,26). The molecular formula is C18H18F2N4O2. The molecule has 136 valence electrons. The van der Waals surface area contributed by atoms with E-state index in [-0.39, 0.29) is 18.1 Å². The van der Waals surface area contributed by atoms with Gasteiger partial charge in [0.05, 0.1) is 5.69 Å². The van der Waals surface area contributed by atoms with Gasteiger partial charge in [-0.15, -0.1) is 6.58 Å². The Morgan fingerprint density at radius 2 is 1.96 bits per heavy atom. The van der Waals surface area contributed by atoms with E-state index in [0.717, 1.165) is 25.0 Å². The summed E-state index contributed by atoms with van der Waals surface area (Å²) in [6, 6.07) is 3.31. The van der Waals surface area contributed by atoms with Gasteiger partial charge < -0.3 is 15.2 Å². The highest BCUT2D eigenvalue weighted by atomic mass is 19.1. The molecule has 0 atom stereocenters. The summed E-state index contributed by atoms with van der Waals surface area (Å²) in [5, 5.41) is 4.85. The highest BCUT2D eigenvalue weighted by Crippen LogP contribution is 2.23. The molecule has 0 spiro atoms. The van der Waals surface area contributed by atoms with Crippen LogP contribution in [0.15, 0.2) is 30.9 Å². The van der Waals surface area contributed by atoms with Crippen LogP contribution in [0.4, 0.5) is 14.5 Å². The molecule has 0 saturated carbocycles. The Labute approximate surface area is 148 Å². The van der Waals surface area contributed by atoms with Crippen molar-refractivity contribution >= 4 is 17.5 Å². The Balaban J connectivity index is 1.94. The summed E-state index contributed by atoms with van der Waals surface area (Å²) in [6.45, 7) is 4.32. The number of aromatic nitrogens is 2. The maximum Gasteiger partial charge on any atom is 0.291 e. The summed E-state index contributed by atoms with van der Waals surface area (Å²) >= 11 is 0. The summed E-state index contributed by atoms with van der Waals surface area (Å²) in [5.41, 5.74) is 0.269. The minimum Gasteiger partial charge on any atom is -0.347 e. The number of imidazole rings is 1. The highest BCUT2D eigenvalue weighted by Gasteiger charge is 2.28. The van der Waals surface area contributed by atoms with Crippen molar-refractivity contribution in [1.82, 2.24) is 14.9 Å². The van der Waals surface area contributed by atoms with Crippen molar-refractivity contribution in [3.63, 3.8) is 0 Å². The smallest absolute Gasteiger partial charge is 0.291 e. The monoisotopic (exact) mass is 360 g/mol. The van der Waals surface area contributed by atoms with Crippen LogP contribution in [0.5, 0.6) is 0 Å². The third-order valence-corrected chi connectivity index (χ3v) is 4.14. The number of nitrogens with one attached hydrogen (secondary N) is 2. The lowest BCUT2D eigenvalue weighted by atomic mass is 10.1. The number of amides is 2. The van der Waals surface area contributed by atoms with Crippen LogP contribution in [0, 0.1) is 11.6 Å². The second-order valence-electron chi connectivity index (χ2n) is 5.89. The van der Waals surface area contributed by atoms with Crippen LogP contribution in [0.2, 0.25) is 0 Å². The number of hydrogen-bond acceptors (Lipinski definition) is 3. The molecule has 2 amide bonds. The SMILES string of the molecule is C=CCNC(=O)c1nc(C(=O)Nc2c(F)cccc2F)n2c1CCCC2. The molecule has 0 saturated heterocycles. The first-order chi connectivity index (χ1) is 12.5. The van der Waals surface area contributed by atoms with Gasteiger partial charge in [-0.05, 0) is 31.4 Å². The average Bonchev–Trinajstić information content (AvgIpc) is 3.02. The number of rotatable bonds is 5. The molecule has 0 bridgehead atoms. The Morgan fingerprint density at radius 3 is 2.65 bits per heavy atom. The first kappa shape index (κ1) is 17.8. The summed E-state index contributed by atoms with van der Waals surface area (Å²) in [7, 11) is 0. The van der Waals surface area contributed by atoms with Crippen molar-refractivity contribution in [2.75, 3.05) is 11.9 Å². The third-order valence-electron chi connectivity index (χ3n) is 4.14. The molecular weight excluding hydrogens is 342 g/mol. The Morgan fingerprint density at radius 1 is 1.23 bits per heavy atom. The van der Waals surface area contributed by atoms with Crippen LogP contribution in [-0.4, -0.2) is 27.9 Å². The zero-order chi connectivity index (χ0) is 18.7. The average molecular weight is 360 g/mol. The minimum atomic E-state index is -0.882. The van der Waals surface area contributed by atoms with E-state index in [1.807, 2.05) is 0 Å². The number of halogens is 2. The van der Waals surface area contributed by atoms with E-state index >= 15 is 0 Å². The van der Waals surface area contributed by atoms with E-state index in [1.165, 1.54) is 12.1 Å². The molecule has 0 fully saturated rings. The van der Waals surface area contributed by atoms with Crippen molar-refractivity contribution in [1.29, 1.82) is 0 Å². The molecule has 0 unspecified atom stereocenters. The summed E-state index contributed by atoms with van der Waals surface area (Å²) in [6.07, 6.45) is 3.84. The lowest BCUT2D eigenvalue weighted by Crippen LogP contribution is -2.25. The lowest BCUT2D eigenvalue weighted by Gasteiger charge is -2.17. The number of para-hydroxylation sites is 1. The summed E-state index contributed by atoms with van der Waals surface area (Å²) < 4.78 is 29.2. The van der Waals surface area contributed by atoms with Crippen molar-refractivity contribution in [3.8, 4) is 0 Å². The van der Waals surface area contributed by atoms with E-state index in [2.05, 4.69) is 22.2 Å². The molecule has 3 rings (SSSR count). The first-order valence-electron chi connectivity index (χ1n) is 8.26. The maximum absolute atomic E-state index is 13.8. The van der Waals surface area contributed by atoms with E-state index < -0.39 is 29.1 Å². The predicted molar refractivity (Wildman–Crippen MR) is 92.0 cm³/mol. The molecule has 0 aliphatic carbocycles. The van der Waals surface area contributed by atoms with Gasteiger partial charge in [0.25, 0.3) is 11.8 Å². The molecule has 2 heterocycles. The van der Waals surface area contributed by atoms with Crippen molar-refractivity contribution in [3.05, 3.63) is 59.7 Å². The lowest BCUT2D eigenvalue weighted by molar-refractivity contribution is 0.0952. The Kier molecular flexibility index (Phi) is 5.11. The van der Waals surface area contributed by atoms with E-state index in [9.17, 15) is 18.4 Å². The van der Waals surface area contributed by atoms with Crippen molar-refractivity contribution in [2.24, 2.45) is 0 Å². The zero-order valence-corrected chi connectivity index (χ0v) is 14.0. The molecule has 2 N–H and O–H groups in total. The molecule has 26 heavy (non-hydrogen) atoms. The van der Waals surface area contributed by atoms with Gasteiger partial charge >= 0.3 is 0 Å². The van der Waals surface area contributed by atoms with E-state index in [0.29, 0.717) is 18.7 Å². The van der Waals surface area contributed by atoms with E-state index in [4.69, 9.17) is 0 Å². The van der Waals surface area contributed by atoms with Gasteiger partial charge in [-0.25, -0.2) is 13.8 Å². The third kappa shape index (κ3) is 3.35. The fraction of sp³-hybridized carbons (Fsp3) is 0.278. The number of hydrogen-bond donors (Lipinski definition) is 2. The van der Waals surface area contributed by atoms with Gasteiger partial charge in [0.15, 0.2) is 5.82 Å². The number of fused-ring (bicyclic) bond motifs is 1. The quantitative estimate of drug-likeness (QED) is 0.805. The highest BCUT2D eigenvalue weighted by molar-refractivity contribution is 6.03. The van der Waals surface area contributed by atoms with Crippen LogP contribution in [0.3, 0.4) is 0 Å². The van der Waals surface area contributed by atoms with Crippen LogP contribution >= 0.6 is 0 Å². The van der Waals surface area contributed by atoms with E-state index in [1.54, 1.807) is 4.57 Å². The molecule has 1 aromatic carbocycles. The van der Waals surface area contributed by atoms with Gasteiger partial charge in [-0.3, -0.25) is 9.59 Å². The zero-order valence-electron chi connectivity index (χ0n) is 14.0. The largest absolute Gasteiger partial charge is 0.347 e. The first-order valence-corrected chi connectivity index (χ1v) is 8.26. The number of benzene rings is 1. The Bertz CT molecular complexity index is 856. The normalized spacial score (nSPS) is 13.0. The molecule has 1 aliphatic rings. The van der Waals surface area contributed by atoms with Crippen LogP contribution in [0.25, 0.3) is 0 Å².